The van der Waals surface area contributed by atoms with Crippen LogP contribution in [0.3, 0.4) is 0 Å². The molecule has 0 aliphatic heterocycles. The second-order valence-electron chi connectivity index (χ2n) is 4.31. The molecule has 1 amide bonds. The van der Waals surface area contributed by atoms with Crippen molar-refractivity contribution in [1.29, 1.82) is 5.41 Å². The summed E-state index contributed by atoms with van der Waals surface area (Å²) in [6.45, 7) is 5.33. The van der Waals surface area contributed by atoms with E-state index in [2.05, 4.69) is 5.32 Å². The Morgan fingerprint density at radius 2 is 2.18 bits per heavy atom. The first kappa shape index (κ1) is 13.5. The average Bonchev–Trinajstić information content (AvgIpc) is 2.62. The molecule has 0 unspecified atom stereocenters. The summed E-state index contributed by atoms with van der Waals surface area (Å²) in [5.41, 5.74) is 1.67. The zero-order chi connectivity index (χ0) is 13.1. The molecule has 0 aromatic carbocycles. The number of hydroxylamine groups is 1. The number of carbonyl (C=O) groups excluding carboxylic acids is 1. The first-order valence-electron chi connectivity index (χ1n) is 4.89. The number of anilines is 1. The number of carbonyl (C=O) groups is 1. The smallest absolute Gasteiger partial charge is 0.412 e. The van der Waals surface area contributed by atoms with Gasteiger partial charge in [0, 0.05) is 10.9 Å². The second kappa shape index (κ2) is 5.15. The molecule has 0 bridgehead atoms. The first-order chi connectivity index (χ1) is 7.81. The molecule has 0 atom stereocenters. The summed E-state index contributed by atoms with van der Waals surface area (Å²) >= 11 is 1.24. The van der Waals surface area contributed by atoms with Crippen LogP contribution in [0.15, 0.2) is 11.4 Å². The summed E-state index contributed by atoms with van der Waals surface area (Å²) in [7, 11) is 0. The van der Waals surface area contributed by atoms with Crippen LogP contribution in [0.1, 0.15) is 26.3 Å². The maximum absolute atomic E-state index is 11.4. The molecule has 1 rings (SSSR count). The van der Waals surface area contributed by atoms with Gasteiger partial charge < -0.3 is 4.74 Å². The Labute approximate surface area is 103 Å². The van der Waals surface area contributed by atoms with Crippen LogP contribution >= 0.6 is 11.3 Å². The van der Waals surface area contributed by atoms with E-state index in [1.807, 2.05) is 0 Å². The highest BCUT2D eigenvalue weighted by atomic mass is 32.1. The normalized spacial score (nSPS) is 10.8. The van der Waals surface area contributed by atoms with Gasteiger partial charge in [0.1, 0.15) is 11.4 Å². The fraction of sp³-hybridized carbons (Fsp3) is 0.400. The van der Waals surface area contributed by atoms with Gasteiger partial charge >= 0.3 is 6.09 Å². The summed E-state index contributed by atoms with van der Waals surface area (Å²) in [6, 6.07) is 1.57. The van der Waals surface area contributed by atoms with E-state index < -0.39 is 11.7 Å². The molecule has 94 valence electrons. The van der Waals surface area contributed by atoms with Gasteiger partial charge in [-0.2, -0.15) is 0 Å². The van der Waals surface area contributed by atoms with Crippen molar-refractivity contribution in [2.75, 3.05) is 5.32 Å². The Kier molecular flexibility index (Phi) is 4.08. The molecule has 1 aromatic heterocycles. The van der Waals surface area contributed by atoms with Gasteiger partial charge in [0.05, 0.1) is 5.00 Å². The van der Waals surface area contributed by atoms with Gasteiger partial charge in [-0.25, -0.2) is 4.79 Å². The van der Waals surface area contributed by atoms with Crippen molar-refractivity contribution in [3.05, 3.63) is 17.0 Å². The third-order valence-corrected chi connectivity index (χ3v) is 2.47. The topological polar surface area (TPSA) is 94.4 Å². The van der Waals surface area contributed by atoms with Crippen molar-refractivity contribution in [3.63, 3.8) is 0 Å². The van der Waals surface area contributed by atoms with Crippen LogP contribution in [0.25, 0.3) is 0 Å². The van der Waals surface area contributed by atoms with Crippen LogP contribution in [-0.4, -0.2) is 22.7 Å². The highest BCUT2D eigenvalue weighted by molar-refractivity contribution is 7.14. The molecule has 0 spiro atoms. The van der Waals surface area contributed by atoms with E-state index in [0.717, 1.165) is 0 Å². The van der Waals surface area contributed by atoms with Gasteiger partial charge in [-0.3, -0.25) is 21.4 Å². The van der Waals surface area contributed by atoms with Crippen LogP contribution in [0.4, 0.5) is 9.80 Å². The molecule has 1 heterocycles. The van der Waals surface area contributed by atoms with Crippen molar-refractivity contribution < 1.29 is 14.7 Å². The third kappa shape index (κ3) is 4.41. The van der Waals surface area contributed by atoms with E-state index in [4.69, 9.17) is 15.4 Å². The maximum atomic E-state index is 11.4. The molecule has 0 fully saturated rings. The lowest BCUT2D eigenvalue weighted by Crippen LogP contribution is -2.27. The van der Waals surface area contributed by atoms with Crippen LogP contribution < -0.4 is 10.8 Å². The highest BCUT2D eigenvalue weighted by Crippen LogP contribution is 2.21. The number of amides is 1. The van der Waals surface area contributed by atoms with E-state index in [1.54, 1.807) is 37.7 Å². The zero-order valence-corrected chi connectivity index (χ0v) is 10.6. The Bertz CT molecular complexity index is 423. The van der Waals surface area contributed by atoms with Crippen molar-refractivity contribution in [2.24, 2.45) is 0 Å². The molecule has 0 saturated heterocycles. The summed E-state index contributed by atoms with van der Waals surface area (Å²) < 4.78 is 5.08. The van der Waals surface area contributed by atoms with E-state index >= 15 is 0 Å². The van der Waals surface area contributed by atoms with E-state index in [9.17, 15) is 4.79 Å². The van der Waals surface area contributed by atoms with Gasteiger partial charge in [-0.15, -0.1) is 11.3 Å². The lowest BCUT2D eigenvalue weighted by molar-refractivity contribution is 0.0636. The summed E-state index contributed by atoms with van der Waals surface area (Å²) in [5, 5.41) is 20.6. The number of rotatable bonds is 2. The molecule has 0 saturated carbocycles. The second-order valence-corrected chi connectivity index (χ2v) is 5.22. The number of thiophene rings is 1. The first-order valence-corrected chi connectivity index (χ1v) is 5.77. The average molecular weight is 257 g/mol. The summed E-state index contributed by atoms with van der Waals surface area (Å²) in [6.07, 6.45) is -0.547. The predicted octanol–water partition coefficient (Wildman–Crippen LogP) is 2.40. The van der Waals surface area contributed by atoms with Crippen molar-refractivity contribution in [3.8, 4) is 0 Å². The number of hydrogen-bond donors (Lipinski definition) is 4. The van der Waals surface area contributed by atoms with E-state index in [1.165, 1.54) is 11.3 Å². The largest absolute Gasteiger partial charge is 0.444 e. The molecule has 1 aromatic rings. The van der Waals surface area contributed by atoms with Gasteiger partial charge in [-0.05, 0) is 26.8 Å². The Morgan fingerprint density at radius 3 is 2.71 bits per heavy atom. The number of nitrogens with one attached hydrogen (secondary N) is 3. The molecule has 6 nitrogen and oxygen atoms in total. The molecule has 0 aliphatic rings. The minimum Gasteiger partial charge on any atom is -0.444 e. The molecule has 4 N–H and O–H groups in total. The molecular weight excluding hydrogens is 242 g/mol. The SMILES string of the molecule is CC(C)(C)OC(=O)Nc1cc(C(=N)NO)cs1. The summed E-state index contributed by atoms with van der Waals surface area (Å²) in [4.78, 5) is 11.4. The summed E-state index contributed by atoms with van der Waals surface area (Å²) in [5.74, 6) is -0.126. The minimum absolute atomic E-state index is 0.126. The molecule has 17 heavy (non-hydrogen) atoms. The lowest BCUT2D eigenvalue weighted by Gasteiger charge is -2.19. The fourth-order valence-electron chi connectivity index (χ4n) is 1.00. The van der Waals surface area contributed by atoms with Crippen LogP contribution in [0.5, 0.6) is 0 Å². The number of amidine groups is 1. The van der Waals surface area contributed by atoms with E-state index in [0.29, 0.717) is 10.6 Å². The van der Waals surface area contributed by atoms with Gasteiger partial charge in [-0.1, -0.05) is 0 Å². The molecule has 0 aliphatic carbocycles. The molecule has 0 radical (unpaired) electrons. The zero-order valence-electron chi connectivity index (χ0n) is 9.83. The van der Waals surface area contributed by atoms with Crippen molar-refractivity contribution in [1.82, 2.24) is 5.48 Å². The predicted molar refractivity (Wildman–Crippen MR) is 65.9 cm³/mol. The van der Waals surface area contributed by atoms with Crippen LogP contribution in [0, 0.1) is 5.41 Å². The van der Waals surface area contributed by atoms with Crippen molar-refractivity contribution >= 4 is 28.3 Å². The van der Waals surface area contributed by atoms with Crippen molar-refractivity contribution in [2.45, 2.75) is 26.4 Å². The van der Waals surface area contributed by atoms with Crippen LogP contribution in [-0.2, 0) is 4.74 Å². The Morgan fingerprint density at radius 1 is 1.53 bits per heavy atom. The monoisotopic (exact) mass is 257 g/mol. The quantitative estimate of drug-likeness (QED) is 0.372. The Balaban J connectivity index is 2.61. The molecule has 7 heteroatoms. The standard InChI is InChI=1S/C10H15N3O3S/c1-10(2,3)16-9(14)12-7-4-6(5-17-7)8(11)13-15/h4-5,15H,1-3H3,(H2,11,13)(H,12,14). The van der Waals surface area contributed by atoms with Gasteiger partial charge in [0.2, 0.25) is 0 Å². The number of ether oxygens (including phenoxy) is 1. The Hall–Kier alpha value is -1.60. The molecular formula is C10H15N3O3S. The minimum atomic E-state index is -0.552. The lowest BCUT2D eigenvalue weighted by atomic mass is 10.2. The maximum Gasteiger partial charge on any atom is 0.412 e. The third-order valence-electron chi connectivity index (χ3n) is 1.62. The van der Waals surface area contributed by atoms with E-state index in [-0.39, 0.29) is 5.84 Å². The highest BCUT2D eigenvalue weighted by Gasteiger charge is 2.16. The van der Waals surface area contributed by atoms with Gasteiger partial charge in [0.25, 0.3) is 0 Å². The number of hydrogen-bond acceptors (Lipinski definition) is 5. The van der Waals surface area contributed by atoms with Crippen LogP contribution in [0.2, 0.25) is 0 Å². The van der Waals surface area contributed by atoms with Gasteiger partial charge in [0.15, 0.2) is 0 Å². The fourth-order valence-corrected chi connectivity index (χ4v) is 1.78.